The Hall–Kier alpha value is -1.82. The van der Waals surface area contributed by atoms with Crippen LogP contribution in [0.3, 0.4) is 0 Å². The summed E-state index contributed by atoms with van der Waals surface area (Å²) < 4.78 is 0. The number of carbonyl (C=O) groups excluding carboxylic acids is 1. The summed E-state index contributed by atoms with van der Waals surface area (Å²) in [5, 5.41) is 12.4. The molecule has 2 heterocycles. The standard InChI is InChI=1S/C18H30N4O2/c1-18(2,3)17(24)22-9-7-14(8-10-22)20-16-6-5-15(13-19-16)21(4)11-12-23/h5-6,13-14,23H,7-12H2,1-4H3,(H,19,20). The molecular formula is C18H30N4O2. The molecule has 1 fully saturated rings. The van der Waals surface area contributed by atoms with Gasteiger partial charge in [-0.05, 0) is 25.0 Å². The van der Waals surface area contributed by atoms with Crippen LogP contribution in [0, 0.1) is 5.41 Å². The Morgan fingerprint density at radius 3 is 2.54 bits per heavy atom. The molecule has 0 radical (unpaired) electrons. The molecule has 0 spiro atoms. The molecule has 2 rings (SSSR count). The number of likely N-dealkylation sites (tertiary alicyclic amines) is 1. The van der Waals surface area contributed by atoms with Gasteiger partial charge >= 0.3 is 0 Å². The summed E-state index contributed by atoms with van der Waals surface area (Å²) in [6, 6.07) is 4.32. The molecule has 1 aromatic rings. The van der Waals surface area contributed by atoms with Crippen LogP contribution in [0.4, 0.5) is 11.5 Å². The van der Waals surface area contributed by atoms with Crippen molar-refractivity contribution in [2.24, 2.45) is 5.41 Å². The molecule has 6 nitrogen and oxygen atoms in total. The first-order chi connectivity index (χ1) is 11.3. The van der Waals surface area contributed by atoms with Crippen molar-refractivity contribution in [3.63, 3.8) is 0 Å². The van der Waals surface area contributed by atoms with Crippen molar-refractivity contribution < 1.29 is 9.90 Å². The fourth-order valence-corrected chi connectivity index (χ4v) is 2.89. The van der Waals surface area contributed by atoms with Crippen LogP contribution in [0.1, 0.15) is 33.6 Å². The molecule has 1 aliphatic heterocycles. The van der Waals surface area contributed by atoms with Crippen LogP contribution in [0.2, 0.25) is 0 Å². The topological polar surface area (TPSA) is 68.7 Å². The normalized spacial score (nSPS) is 16.1. The Labute approximate surface area is 144 Å². The Kier molecular flexibility index (Phi) is 6.04. The largest absolute Gasteiger partial charge is 0.395 e. The summed E-state index contributed by atoms with van der Waals surface area (Å²) in [7, 11) is 1.93. The molecule has 1 aliphatic rings. The van der Waals surface area contributed by atoms with Crippen molar-refractivity contribution in [1.29, 1.82) is 0 Å². The van der Waals surface area contributed by atoms with Gasteiger partial charge in [-0.1, -0.05) is 20.8 Å². The van der Waals surface area contributed by atoms with Crippen LogP contribution in [0.15, 0.2) is 18.3 Å². The highest BCUT2D eigenvalue weighted by Crippen LogP contribution is 2.22. The van der Waals surface area contributed by atoms with Crippen molar-refractivity contribution in [1.82, 2.24) is 9.88 Å². The number of hydrogen-bond acceptors (Lipinski definition) is 5. The van der Waals surface area contributed by atoms with Gasteiger partial charge in [0.2, 0.25) is 5.91 Å². The second-order valence-electron chi connectivity index (χ2n) is 7.51. The highest BCUT2D eigenvalue weighted by atomic mass is 16.3. The maximum Gasteiger partial charge on any atom is 0.227 e. The van der Waals surface area contributed by atoms with E-state index in [2.05, 4.69) is 10.3 Å². The average molecular weight is 334 g/mol. The van der Waals surface area contributed by atoms with Gasteiger partial charge in [0, 0.05) is 38.1 Å². The van der Waals surface area contributed by atoms with E-state index in [1.807, 2.05) is 55.9 Å². The first-order valence-electron chi connectivity index (χ1n) is 8.65. The fraction of sp³-hybridized carbons (Fsp3) is 0.667. The molecule has 1 saturated heterocycles. The van der Waals surface area contributed by atoms with Crippen LogP contribution in [0.25, 0.3) is 0 Å². The molecule has 24 heavy (non-hydrogen) atoms. The van der Waals surface area contributed by atoms with Gasteiger partial charge < -0.3 is 20.2 Å². The maximum atomic E-state index is 12.3. The molecule has 0 saturated carbocycles. The molecule has 0 aliphatic carbocycles. The Bertz CT molecular complexity index is 531. The molecule has 2 N–H and O–H groups in total. The van der Waals surface area contributed by atoms with E-state index in [1.165, 1.54) is 0 Å². The number of aliphatic hydroxyl groups excluding tert-OH is 1. The summed E-state index contributed by atoms with van der Waals surface area (Å²) in [5.41, 5.74) is 0.679. The second kappa shape index (κ2) is 7.83. The summed E-state index contributed by atoms with van der Waals surface area (Å²) >= 11 is 0. The van der Waals surface area contributed by atoms with Gasteiger partial charge in [0.25, 0.3) is 0 Å². The van der Waals surface area contributed by atoms with Crippen molar-refractivity contribution >= 4 is 17.4 Å². The SMILES string of the molecule is CN(CCO)c1ccc(NC2CCN(C(=O)C(C)(C)C)CC2)nc1. The van der Waals surface area contributed by atoms with E-state index >= 15 is 0 Å². The van der Waals surface area contributed by atoms with Crippen LogP contribution in [-0.4, -0.2) is 60.2 Å². The molecule has 0 bridgehead atoms. The lowest BCUT2D eigenvalue weighted by Crippen LogP contribution is -2.46. The highest BCUT2D eigenvalue weighted by molar-refractivity contribution is 5.81. The molecule has 0 unspecified atom stereocenters. The predicted octanol–water partition coefficient (Wildman–Crippen LogP) is 1.96. The molecule has 134 valence electrons. The van der Waals surface area contributed by atoms with E-state index in [0.717, 1.165) is 37.4 Å². The minimum Gasteiger partial charge on any atom is -0.395 e. The zero-order valence-electron chi connectivity index (χ0n) is 15.2. The van der Waals surface area contributed by atoms with Gasteiger partial charge in [-0.2, -0.15) is 0 Å². The van der Waals surface area contributed by atoms with E-state index in [4.69, 9.17) is 5.11 Å². The Morgan fingerprint density at radius 2 is 2.04 bits per heavy atom. The molecule has 1 aromatic heterocycles. The number of nitrogens with one attached hydrogen (secondary N) is 1. The summed E-state index contributed by atoms with van der Waals surface area (Å²) in [5.74, 6) is 1.09. The number of aliphatic hydroxyl groups is 1. The van der Waals surface area contributed by atoms with Gasteiger partial charge in [0.1, 0.15) is 5.82 Å². The molecule has 1 amide bonds. The van der Waals surface area contributed by atoms with Gasteiger partial charge in [-0.25, -0.2) is 4.98 Å². The average Bonchev–Trinajstić information content (AvgIpc) is 2.55. The molecular weight excluding hydrogens is 304 g/mol. The predicted molar refractivity (Wildman–Crippen MR) is 97.3 cm³/mol. The lowest BCUT2D eigenvalue weighted by atomic mass is 9.93. The minimum atomic E-state index is -0.307. The monoisotopic (exact) mass is 334 g/mol. The summed E-state index contributed by atoms with van der Waals surface area (Å²) in [4.78, 5) is 20.7. The number of aromatic nitrogens is 1. The lowest BCUT2D eigenvalue weighted by molar-refractivity contribution is -0.140. The van der Waals surface area contributed by atoms with Gasteiger partial charge in [-0.15, -0.1) is 0 Å². The third kappa shape index (κ3) is 4.84. The second-order valence-corrected chi connectivity index (χ2v) is 7.51. The fourth-order valence-electron chi connectivity index (χ4n) is 2.89. The van der Waals surface area contributed by atoms with Crippen molar-refractivity contribution in [2.45, 2.75) is 39.7 Å². The first kappa shape index (κ1) is 18.5. The first-order valence-corrected chi connectivity index (χ1v) is 8.65. The van der Waals surface area contributed by atoms with Gasteiger partial charge in [0.05, 0.1) is 18.5 Å². The van der Waals surface area contributed by atoms with Crippen molar-refractivity contribution in [3.05, 3.63) is 18.3 Å². The Balaban J connectivity index is 1.85. The number of carbonyl (C=O) groups is 1. The van der Waals surface area contributed by atoms with Crippen LogP contribution < -0.4 is 10.2 Å². The number of anilines is 2. The smallest absolute Gasteiger partial charge is 0.227 e. The molecule has 0 atom stereocenters. The zero-order chi connectivity index (χ0) is 17.7. The maximum absolute atomic E-state index is 12.3. The van der Waals surface area contributed by atoms with Crippen molar-refractivity contribution in [2.75, 3.05) is 43.5 Å². The number of likely N-dealkylation sites (N-methyl/N-ethyl adjacent to an activating group) is 1. The third-order valence-corrected chi connectivity index (χ3v) is 4.40. The number of amides is 1. The van der Waals surface area contributed by atoms with Gasteiger partial charge in [0.15, 0.2) is 0 Å². The van der Waals surface area contributed by atoms with E-state index in [1.54, 1.807) is 0 Å². The molecule has 0 aromatic carbocycles. The van der Waals surface area contributed by atoms with Crippen molar-refractivity contribution in [3.8, 4) is 0 Å². The minimum absolute atomic E-state index is 0.127. The number of hydrogen-bond donors (Lipinski definition) is 2. The third-order valence-electron chi connectivity index (χ3n) is 4.40. The number of rotatable bonds is 5. The van der Waals surface area contributed by atoms with Crippen LogP contribution in [0.5, 0.6) is 0 Å². The Morgan fingerprint density at radius 1 is 1.38 bits per heavy atom. The van der Waals surface area contributed by atoms with E-state index in [-0.39, 0.29) is 17.9 Å². The van der Waals surface area contributed by atoms with E-state index in [9.17, 15) is 4.79 Å². The quantitative estimate of drug-likeness (QED) is 0.861. The molecule has 6 heteroatoms. The summed E-state index contributed by atoms with van der Waals surface area (Å²) in [6.45, 7) is 8.23. The van der Waals surface area contributed by atoms with E-state index in [0.29, 0.717) is 12.6 Å². The van der Waals surface area contributed by atoms with Crippen LogP contribution in [-0.2, 0) is 4.79 Å². The lowest BCUT2D eigenvalue weighted by Gasteiger charge is -2.36. The number of nitrogens with zero attached hydrogens (tertiary/aromatic N) is 3. The van der Waals surface area contributed by atoms with E-state index < -0.39 is 0 Å². The highest BCUT2D eigenvalue weighted by Gasteiger charge is 2.30. The van der Waals surface area contributed by atoms with Gasteiger partial charge in [-0.3, -0.25) is 4.79 Å². The zero-order valence-corrected chi connectivity index (χ0v) is 15.2. The number of pyridine rings is 1. The van der Waals surface area contributed by atoms with Crippen LogP contribution >= 0.6 is 0 Å². The summed E-state index contributed by atoms with van der Waals surface area (Å²) in [6.07, 6.45) is 3.70. The number of piperidine rings is 1.